The molecule has 12 nitrogen and oxygen atoms in total. The number of sulfonamides is 1. The number of ether oxygens (including phenoxy) is 1. The van der Waals surface area contributed by atoms with Gasteiger partial charge in [-0.25, -0.2) is 36.6 Å². The van der Waals surface area contributed by atoms with Crippen molar-refractivity contribution in [1.82, 2.24) is 19.9 Å². The zero-order valence-electron chi connectivity index (χ0n) is 22.2. The van der Waals surface area contributed by atoms with Gasteiger partial charge in [-0.15, -0.1) is 0 Å². The molecule has 0 fully saturated rings. The Balaban J connectivity index is 1.63. The summed E-state index contributed by atoms with van der Waals surface area (Å²) in [6.07, 6.45) is 3.66. The van der Waals surface area contributed by atoms with Crippen LogP contribution in [0.3, 0.4) is 0 Å². The molecule has 0 aliphatic heterocycles. The SMILES string of the molecule is Cc1ccc(S(=O)(=O)N(C(=O)OCc2ccccc2)c2cnc3[nH]ccc3c2)cc1-c1nc(S(C)(=O)=O)ncc1C#N. The van der Waals surface area contributed by atoms with Gasteiger partial charge in [0.2, 0.25) is 15.0 Å². The molecule has 0 spiro atoms. The molecule has 212 valence electrons. The first-order chi connectivity index (χ1) is 20.0. The monoisotopic (exact) mass is 602 g/mol. The highest BCUT2D eigenvalue weighted by Crippen LogP contribution is 2.32. The number of nitrogens with one attached hydrogen (secondary N) is 1. The number of anilines is 1. The van der Waals surface area contributed by atoms with Crippen LogP contribution in [0.2, 0.25) is 0 Å². The molecular weight excluding hydrogens is 580 g/mol. The smallest absolute Gasteiger partial charge is 0.429 e. The third kappa shape index (κ3) is 5.55. The van der Waals surface area contributed by atoms with Gasteiger partial charge >= 0.3 is 6.09 Å². The largest absolute Gasteiger partial charge is 0.444 e. The van der Waals surface area contributed by atoms with Gasteiger partial charge < -0.3 is 9.72 Å². The lowest BCUT2D eigenvalue weighted by molar-refractivity contribution is 0.151. The Kier molecular flexibility index (Phi) is 7.46. The Morgan fingerprint density at radius 1 is 1.02 bits per heavy atom. The molecule has 14 heteroatoms. The topological polar surface area (TPSA) is 176 Å². The highest BCUT2D eigenvalue weighted by molar-refractivity contribution is 7.93. The van der Waals surface area contributed by atoms with Crippen molar-refractivity contribution in [2.75, 3.05) is 10.6 Å². The van der Waals surface area contributed by atoms with Crippen LogP contribution >= 0.6 is 0 Å². The number of aryl methyl sites for hydroxylation is 1. The van der Waals surface area contributed by atoms with Crippen LogP contribution in [0.15, 0.2) is 89.3 Å². The number of carbonyl (C=O) groups excluding carboxylic acids is 1. The molecule has 1 N–H and O–H groups in total. The van der Waals surface area contributed by atoms with E-state index < -0.39 is 31.1 Å². The van der Waals surface area contributed by atoms with Gasteiger partial charge in [0.1, 0.15) is 18.3 Å². The number of hydrogen-bond donors (Lipinski definition) is 1. The Labute approximate surface area is 241 Å². The first-order valence-corrected chi connectivity index (χ1v) is 15.6. The normalized spacial score (nSPS) is 11.6. The van der Waals surface area contributed by atoms with E-state index in [2.05, 4.69) is 19.9 Å². The summed E-state index contributed by atoms with van der Waals surface area (Å²) in [6.45, 7) is 1.45. The van der Waals surface area contributed by atoms with Crippen LogP contribution in [-0.2, 0) is 31.2 Å². The predicted octanol–water partition coefficient (Wildman–Crippen LogP) is 4.14. The number of benzene rings is 2. The quantitative estimate of drug-likeness (QED) is 0.266. The summed E-state index contributed by atoms with van der Waals surface area (Å²) in [5.74, 6) is 0. The van der Waals surface area contributed by atoms with Crippen molar-refractivity contribution in [3.8, 4) is 17.3 Å². The minimum absolute atomic E-state index is 0.0681. The second kappa shape index (κ2) is 11.0. The molecule has 0 bridgehead atoms. The number of carbonyl (C=O) groups is 1. The van der Waals surface area contributed by atoms with Crippen LogP contribution in [0.1, 0.15) is 16.7 Å². The molecule has 0 aliphatic rings. The molecule has 0 saturated carbocycles. The van der Waals surface area contributed by atoms with Crippen molar-refractivity contribution in [2.24, 2.45) is 0 Å². The zero-order chi connectivity index (χ0) is 30.1. The van der Waals surface area contributed by atoms with Crippen molar-refractivity contribution in [3.05, 3.63) is 95.9 Å². The fourth-order valence-corrected chi connectivity index (χ4v) is 5.96. The second-order valence-corrected chi connectivity index (χ2v) is 12.9. The number of nitrogens with zero attached hydrogens (tertiary/aromatic N) is 5. The minimum Gasteiger partial charge on any atom is -0.444 e. The van der Waals surface area contributed by atoms with Crippen LogP contribution in [0.5, 0.6) is 0 Å². The molecule has 42 heavy (non-hydrogen) atoms. The van der Waals surface area contributed by atoms with E-state index >= 15 is 0 Å². The van der Waals surface area contributed by atoms with Gasteiger partial charge in [0.15, 0.2) is 0 Å². The van der Waals surface area contributed by atoms with E-state index in [9.17, 15) is 26.9 Å². The highest BCUT2D eigenvalue weighted by atomic mass is 32.2. The minimum atomic E-state index is -4.65. The van der Waals surface area contributed by atoms with Crippen molar-refractivity contribution in [2.45, 2.75) is 23.6 Å². The molecule has 0 unspecified atom stereocenters. The summed E-state index contributed by atoms with van der Waals surface area (Å²) in [5, 5.41) is 9.68. The zero-order valence-corrected chi connectivity index (χ0v) is 23.8. The summed E-state index contributed by atoms with van der Waals surface area (Å²) < 4.78 is 58.4. The van der Waals surface area contributed by atoms with Crippen LogP contribution in [0.25, 0.3) is 22.3 Å². The molecule has 0 atom stereocenters. The Hall–Kier alpha value is -5.13. The number of amides is 1. The number of hydrogen-bond acceptors (Lipinski definition) is 10. The molecule has 5 aromatic rings. The van der Waals surface area contributed by atoms with Gasteiger partial charge in [0, 0.05) is 23.4 Å². The van der Waals surface area contributed by atoms with Gasteiger partial charge in [0.05, 0.1) is 34.2 Å². The van der Waals surface area contributed by atoms with Gasteiger partial charge in [0.25, 0.3) is 10.0 Å². The van der Waals surface area contributed by atoms with Crippen LogP contribution in [0, 0.1) is 18.3 Å². The molecule has 1 amide bonds. The Bertz CT molecular complexity index is 2090. The Morgan fingerprint density at radius 2 is 1.79 bits per heavy atom. The first-order valence-electron chi connectivity index (χ1n) is 12.3. The summed E-state index contributed by atoms with van der Waals surface area (Å²) >= 11 is 0. The maximum absolute atomic E-state index is 14.1. The average Bonchev–Trinajstić information content (AvgIpc) is 3.44. The first kappa shape index (κ1) is 28.4. The third-order valence-corrected chi connectivity index (χ3v) is 8.76. The molecule has 0 saturated heterocycles. The number of H-pyrrole nitrogens is 1. The van der Waals surface area contributed by atoms with Crippen LogP contribution in [0.4, 0.5) is 10.5 Å². The summed E-state index contributed by atoms with van der Waals surface area (Å²) in [7, 11) is -8.49. The van der Waals surface area contributed by atoms with E-state index in [-0.39, 0.29) is 34.0 Å². The third-order valence-electron chi connectivity index (χ3n) is 6.21. The lowest BCUT2D eigenvalue weighted by atomic mass is 10.0. The lowest BCUT2D eigenvalue weighted by Gasteiger charge is -2.22. The van der Waals surface area contributed by atoms with E-state index in [1.54, 1.807) is 49.5 Å². The summed E-state index contributed by atoms with van der Waals surface area (Å²) in [4.78, 5) is 28.1. The number of nitriles is 1. The number of rotatable bonds is 7. The van der Waals surface area contributed by atoms with Crippen molar-refractivity contribution in [3.63, 3.8) is 0 Å². The van der Waals surface area contributed by atoms with Gasteiger partial charge in [-0.1, -0.05) is 36.4 Å². The van der Waals surface area contributed by atoms with E-state index in [4.69, 9.17) is 4.74 Å². The average molecular weight is 603 g/mol. The van der Waals surface area contributed by atoms with Gasteiger partial charge in [-0.2, -0.15) is 9.57 Å². The van der Waals surface area contributed by atoms with Crippen LogP contribution in [-0.4, -0.2) is 49.1 Å². The van der Waals surface area contributed by atoms with E-state index in [0.29, 0.717) is 26.5 Å². The van der Waals surface area contributed by atoms with E-state index in [0.717, 1.165) is 12.5 Å². The summed E-state index contributed by atoms with van der Waals surface area (Å²) in [5.41, 5.74) is 1.59. The van der Waals surface area contributed by atoms with Gasteiger partial charge in [-0.3, -0.25) is 0 Å². The standard InChI is InChI=1S/C28H22N6O6S2/c1-18-8-9-23(13-24(18)25-21(14-29)15-32-27(33-25)41(2,36)37)42(38,39)34(22-12-20-10-11-30-26(20)31-16-22)28(35)40-17-19-6-4-3-5-7-19/h3-13,15-16H,17H2,1-2H3,(H,30,31). The van der Waals surface area contributed by atoms with Crippen molar-refractivity contribution in [1.29, 1.82) is 5.26 Å². The van der Waals surface area contributed by atoms with E-state index in [1.165, 1.54) is 30.5 Å². The molecule has 0 aliphatic carbocycles. The van der Waals surface area contributed by atoms with Crippen molar-refractivity contribution < 1.29 is 26.4 Å². The number of pyridine rings is 1. The van der Waals surface area contributed by atoms with E-state index in [1.807, 2.05) is 6.07 Å². The molecule has 2 aromatic carbocycles. The number of sulfone groups is 1. The molecule has 5 rings (SSSR count). The van der Waals surface area contributed by atoms with Crippen LogP contribution < -0.4 is 4.31 Å². The summed E-state index contributed by atoms with van der Waals surface area (Å²) in [6, 6.07) is 17.8. The molecule has 0 radical (unpaired) electrons. The predicted molar refractivity (Wildman–Crippen MR) is 152 cm³/mol. The molecular formula is C28H22N6O6S2. The number of aromatic nitrogens is 4. The highest BCUT2D eigenvalue weighted by Gasteiger charge is 2.34. The number of aromatic amines is 1. The van der Waals surface area contributed by atoms with Gasteiger partial charge in [-0.05, 0) is 42.3 Å². The molecule has 3 aromatic heterocycles. The fourth-order valence-electron chi connectivity index (χ4n) is 4.11. The number of fused-ring (bicyclic) bond motifs is 1. The maximum Gasteiger partial charge on any atom is 0.429 e. The maximum atomic E-state index is 14.1. The van der Waals surface area contributed by atoms with Crippen molar-refractivity contribution >= 4 is 42.7 Å². The molecule has 3 heterocycles. The Morgan fingerprint density at radius 3 is 2.50 bits per heavy atom. The second-order valence-electron chi connectivity index (χ2n) is 9.19. The lowest BCUT2D eigenvalue weighted by Crippen LogP contribution is -2.37. The fraction of sp³-hybridized carbons (Fsp3) is 0.107.